The van der Waals surface area contributed by atoms with Gasteiger partial charge in [0, 0.05) is 30.4 Å². The van der Waals surface area contributed by atoms with E-state index < -0.39 is 0 Å². The number of nitrogens with zero attached hydrogens (tertiary/aromatic N) is 2. The summed E-state index contributed by atoms with van der Waals surface area (Å²) in [6, 6.07) is 14.7. The normalized spacial score (nSPS) is 19.0. The predicted octanol–water partition coefficient (Wildman–Crippen LogP) is 2.86. The minimum absolute atomic E-state index is 0.284. The molecule has 2 amide bonds. The van der Waals surface area contributed by atoms with Crippen molar-refractivity contribution < 1.29 is 14.3 Å². The summed E-state index contributed by atoms with van der Waals surface area (Å²) in [5, 5.41) is 0. The number of anilines is 1. The first-order chi connectivity index (χ1) is 12.6. The van der Waals surface area contributed by atoms with Crippen LogP contribution in [0.5, 0.6) is 0 Å². The second kappa shape index (κ2) is 6.77. The second-order valence-electron chi connectivity index (χ2n) is 6.52. The van der Waals surface area contributed by atoms with Gasteiger partial charge in [0.1, 0.15) is 0 Å². The van der Waals surface area contributed by atoms with E-state index in [0.717, 1.165) is 18.7 Å². The Hall–Kier alpha value is -2.92. The van der Waals surface area contributed by atoms with Crippen molar-refractivity contribution in [3.05, 3.63) is 71.4 Å². The van der Waals surface area contributed by atoms with Crippen molar-refractivity contribution >= 4 is 23.1 Å². The van der Waals surface area contributed by atoms with Crippen LogP contribution in [0.1, 0.15) is 21.5 Å². The highest BCUT2D eigenvalue weighted by atomic mass is 16.5. The van der Waals surface area contributed by atoms with Crippen LogP contribution in [0.2, 0.25) is 0 Å². The molecule has 5 heteroatoms. The summed E-state index contributed by atoms with van der Waals surface area (Å²) in [6.07, 6.45) is 1.87. The lowest BCUT2D eigenvalue weighted by atomic mass is 9.93. The van der Waals surface area contributed by atoms with Gasteiger partial charge in [-0.2, -0.15) is 0 Å². The fraction of sp³-hybridized carbons (Fsp3) is 0.238. The van der Waals surface area contributed by atoms with Crippen LogP contribution in [0, 0.1) is 6.92 Å². The molecule has 2 aliphatic rings. The summed E-state index contributed by atoms with van der Waals surface area (Å²) < 4.78 is 5.38. The minimum Gasteiger partial charge on any atom is -0.378 e. The van der Waals surface area contributed by atoms with E-state index in [1.807, 2.05) is 55.6 Å². The number of fused-ring (bicyclic) bond motifs is 1. The van der Waals surface area contributed by atoms with Crippen LogP contribution in [0.3, 0.4) is 0 Å². The molecule has 0 aliphatic carbocycles. The maximum absolute atomic E-state index is 13.2. The first-order valence-corrected chi connectivity index (χ1v) is 8.73. The zero-order valence-electron chi connectivity index (χ0n) is 14.6. The summed E-state index contributed by atoms with van der Waals surface area (Å²) in [5.41, 5.74) is 3.45. The quantitative estimate of drug-likeness (QED) is 0.619. The maximum Gasteiger partial charge on any atom is 0.267 e. The first kappa shape index (κ1) is 16.5. The molecule has 4 rings (SSSR count). The second-order valence-corrected chi connectivity index (χ2v) is 6.52. The lowest BCUT2D eigenvalue weighted by Gasteiger charge is -2.31. The van der Waals surface area contributed by atoms with E-state index in [-0.39, 0.29) is 11.8 Å². The van der Waals surface area contributed by atoms with E-state index in [2.05, 4.69) is 4.90 Å². The number of rotatable bonds is 2. The Kier molecular flexibility index (Phi) is 4.31. The number of carbonyl (C=O) groups is 2. The number of amides is 2. The molecule has 0 aromatic heterocycles. The average molecular weight is 348 g/mol. The van der Waals surface area contributed by atoms with Crippen molar-refractivity contribution in [3.8, 4) is 0 Å². The van der Waals surface area contributed by atoms with Crippen molar-refractivity contribution in [3.63, 3.8) is 0 Å². The fourth-order valence-corrected chi connectivity index (χ4v) is 3.30. The van der Waals surface area contributed by atoms with Gasteiger partial charge in [-0.3, -0.25) is 9.59 Å². The molecule has 2 aliphatic heterocycles. The SMILES string of the molecule is Cc1ccc(N2C(=O)/C(=C\N3CCOCC3)c3ccccc3C2=O)cc1. The fourth-order valence-electron chi connectivity index (χ4n) is 3.30. The van der Waals surface area contributed by atoms with Crippen molar-refractivity contribution in [2.75, 3.05) is 31.2 Å². The average Bonchev–Trinajstić information content (AvgIpc) is 2.67. The van der Waals surface area contributed by atoms with E-state index in [9.17, 15) is 9.59 Å². The van der Waals surface area contributed by atoms with Crippen molar-refractivity contribution in [2.24, 2.45) is 0 Å². The van der Waals surface area contributed by atoms with Gasteiger partial charge in [0.15, 0.2) is 0 Å². The Balaban J connectivity index is 1.81. The molecule has 2 heterocycles. The lowest BCUT2D eigenvalue weighted by Crippen LogP contribution is -2.43. The molecule has 0 bridgehead atoms. The first-order valence-electron chi connectivity index (χ1n) is 8.73. The van der Waals surface area contributed by atoms with Crippen molar-refractivity contribution in [1.29, 1.82) is 0 Å². The molecule has 0 unspecified atom stereocenters. The van der Waals surface area contributed by atoms with Gasteiger partial charge in [0.2, 0.25) is 0 Å². The molecule has 0 radical (unpaired) electrons. The maximum atomic E-state index is 13.2. The minimum atomic E-state index is -0.288. The van der Waals surface area contributed by atoms with Gasteiger partial charge in [0.25, 0.3) is 11.8 Å². The number of aryl methyl sites for hydroxylation is 1. The molecule has 0 atom stereocenters. The van der Waals surface area contributed by atoms with Gasteiger partial charge >= 0.3 is 0 Å². The van der Waals surface area contributed by atoms with Crippen LogP contribution < -0.4 is 4.90 Å². The third kappa shape index (κ3) is 2.91. The van der Waals surface area contributed by atoms with Gasteiger partial charge < -0.3 is 9.64 Å². The molecule has 1 saturated heterocycles. The lowest BCUT2D eigenvalue weighted by molar-refractivity contribution is -0.112. The highest BCUT2D eigenvalue weighted by molar-refractivity contribution is 6.41. The van der Waals surface area contributed by atoms with Gasteiger partial charge in [-0.25, -0.2) is 4.90 Å². The molecule has 0 spiro atoms. The van der Waals surface area contributed by atoms with Gasteiger partial charge in [0.05, 0.1) is 24.5 Å². The molecule has 2 aromatic carbocycles. The standard InChI is InChI=1S/C21H20N2O3/c1-15-6-8-16(9-7-15)23-20(24)18-5-3-2-4-17(18)19(21(23)25)14-22-10-12-26-13-11-22/h2-9,14H,10-13H2,1H3/b19-14-. The van der Waals surface area contributed by atoms with Gasteiger partial charge in [-0.05, 0) is 25.1 Å². The number of carbonyl (C=O) groups excluding carboxylic acids is 2. The Morgan fingerprint density at radius 1 is 0.885 bits per heavy atom. The Labute approximate surface area is 152 Å². The van der Waals surface area contributed by atoms with E-state index in [0.29, 0.717) is 35.6 Å². The summed E-state index contributed by atoms with van der Waals surface area (Å²) in [7, 11) is 0. The highest BCUT2D eigenvalue weighted by Crippen LogP contribution is 2.32. The zero-order valence-corrected chi connectivity index (χ0v) is 14.6. The number of imide groups is 1. The Morgan fingerprint density at radius 2 is 1.54 bits per heavy atom. The van der Waals surface area contributed by atoms with Crippen LogP contribution in [0.25, 0.3) is 5.57 Å². The van der Waals surface area contributed by atoms with Crippen LogP contribution in [-0.4, -0.2) is 43.0 Å². The third-order valence-electron chi connectivity index (χ3n) is 4.73. The van der Waals surface area contributed by atoms with Crippen LogP contribution in [0.15, 0.2) is 54.7 Å². The van der Waals surface area contributed by atoms with E-state index in [1.54, 1.807) is 6.07 Å². The molecule has 2 aromatic rings. The number of morpholine rings is 1. The van der Waals surface area contributed by atoms with Crippen molar-refractivity contribution in [1.82, 2.24) is 4.90 Å². The predicted molar refractivity (Wildman–Crippen MR) is 99.8 cm³/mol. The highest BCUT2D eigenvalue weighted by Gasteiger charge is 2.36. The smallest absolute Gasteiger partial charge is 0.267 e. The van der Waals surface area contributed by atoms with Crippen LogP contribution >= 0.6 is 0 Å². The number of ether oxygens (including phenoxy) is 1. The van der Waals surface area contributed by atoms with Crippen molar-refractivity contribution in [2.45, 2.75) is 6.92 Å². The molecule has 0 saturated carbocycles. The zero-order chi connectivity index (χ0) is 18.1. The van der Waals surface area contributed by atoms with Crippen LogP contribution in [0.4, 0.5) is 5.69 Å². The van der Waals surface area contributed by atoms with E-state index in [1.165, 1.54) is 4.90 Å². The van der Waals surface area contributed by atoms with E-state index >= 15 is 0 Å². The summed E-state index contributed by atoms with van der Waals surface area (Å²) in [6.45, 7) is 4.72. The molecule has 5 nitrogen and oxygen atoms in total. The monoisotopic (exact) mass is 348 g/mol. The largest absolute Gasteiger partial charge is 0.378 e. The summed E-state index contributed by atoms with van der Waals surface area (Å²) in [4.78, 5) is 29.6. The molecule has 0 N–H and O–H groups in total. The van der Waals surface area contributed by atoms with Gasteiger partial charge in [-0.15, -0.1) is 0 Å². The number of hydrogen-bond acceptors (Lipinski definition) is 4. The molecular weight excluding hydrogens is 328 g/mol. The van der Waals surface area contributed by atoms with Crippen LogP contribution in [-0.2, 0) is 9.53 Å². The summed E-state index contributed by atoms with van der Waals surface area (Å²) in [5.74, 6) is -0.572. The van der Waals surface area contributed by atoms with E-state index in [4.69, 9.17) is 4.74 Å². The van der Waals surface area contributed by atoms with Gasteiger partial charge in [-0.1, -0.05) is 35.9 Å². The molecule has 1 fully saturated rings. The summed E-state index contributed by atoms with van der Waals surface area (Å²) >= 11 is 0. The number of benzene rings is 2. The third-order valence-corrected chi connectivity index (χ3v) is 4.73. The number of hydrogen-bond donors (Lipinski definition) is 0. The molecule has 132 valence electrons. The molecule has 26 heavy (non-hydrogen) atoms. The Morgan fingerprint density at radius 3 is 2.23 bits per heavy atom. The topological polar surface area (TPSA) is 49.9 Å². The Bertz CT molecular complexity index is 880. The molecular formula is C21H20N2O3.